The van der Waals surface area contributed by atoms with Gasteiger partial charge in [-0.2, -0.15) is 12.6 Å². The van der Waals surface area contributed by atoms with Gasteiger partial charge in [0, 0.05) is 85.1 Å². The molecule has 0 aliphatic rings. The van der Waals surface area contributed by atoms with Crippen LogP contribution in [-0.4, -0.2) is 112 Å². The van der Waals surface area contributed by atoms with Crippen LogP contribution in [0.25, 0.3) is 21.8 Å². The summed E-state index contributed by atoms with van der Waals surface area (Å²) in [5.74, 6) is -1.23. The fraction of sp³-hybridized carbons (Fsp3) is 0.350. The molecule has 0 radical (unpaired) electrons. The number of thiol groups is 1. The van der Waals surface area contributed by atoms with Gasteiger partial charge in [0.15, 0.2) is 0 Å². The van der Waals surface area contributed by atoms with Gasteiger partial charge in [-0.15, -0.1) is 0 Å². The maximum Gasteiger partial charge on any atom is 0.312 e. The summed E-state index contributed by atoms with van der Waals surface area (Å²) in [6, 6.07) is 17.6. The topological polar surface area (TPSA) is 210 Å². The van der Waals surface area contributed by atoms with Crippen molar-refractivity contribution in [3.63, 3.8) is 0 Å². The third-order valence-electron chi connectivity index (χ3n) is 9.35. The molecular formula is C40H50N10O5S. The van der Waals surface area contributed by atoms with Gasteiger partial charge in [0.25, 0.3) is 0 Å². The second-order valence-electron chi connectivity index (χ2n) is 13.4. The van der Waals surface area contributed by atoms with Crippen molar-refractivity contribution in [3.05, 3.63) is 102 Å². The van der Waals surface area contributed by atoms with Crippen molar-refractivity contribution >= 4 is 64.1 Å². The molecule has 15 nitrogen and oxygen atoms in total. The lowest BCUT2D eigenvalue weighted by molar-refractivity contribution is -0.140. The zero-order valence-electron chi connectivity index (χ0n) is 31.3. The average molecular weight is 783 g/mol. The molecule has 0 fully saturated rings. The van der Waals surface area contributed by atoms with Crippen LogP contribution >= 0.6 is 12.6 Å². The van der Waals surface area contributed by atoms with Crippen LogP contribution in [-0.2, 0) is 38.6 Å². The van der Waals surface area contributed by atoms with E-state index in [1.54, 1.807) is 12.4 Å². The second kappa shape index (κ2) is 21.3. The number of carbonyl (C=O) groups is 5. The Balaban J connectivity index is 1.32. The number of hydrogen-bond donors (Lipinski definition) is 8. The van der Waals surface area contributed by atoms with E-state index in [2.05, 4.69) is 48.8 Å². The number of para-hydroxylation sites is 2. The Morgan fingerprint density at radius 2 is 1.43 bits per heavy atom. The van der Waals surface area contributed by atoms with Crippen molar-refractivity contribution in [2.45, 2.75) is 38.3 Å². The molecule has 0 saturated carbocycles. The van der Waals surface area contributed by atoms with Gasteiger partial charge < -0.3 is 46.8 Å². The number of benzene rings is 2. The monoisotopic (exact) mass is 782 g/mol. The smallest absolute Gasteiger partial charge is 0.312 e. The van der Waals surface area contributed by atoms with E-state index >= 15 is 0 Å². The van der Waals surface area contributed by atoms with Gasteiger partial charge in [0.2, 0.25) is 23.6 Å². The molecule has 1 unspecified atom stereocenters. The number of nitrogens with one attached hydrogen (secondary N) is 6. The molecule has 3 heterocycles. The average Bonchev–Trinajstić information content (AvgIpc) is 3.82. The first-order chi connectivity index (χ1) is 27.2. The molecule has 3 aromatic heterocycles. The van der Waals surface area contributed by atoms with Gasteiger partial charge in [0.1, 0.15) is 6.04 Å². The minimum absolute atomic E-state index is 0.0276. The van der Waals surface area contributed by atoms with Crippen LogP contribution in [0, 0.1) is 0 Å². The summed E-state index contributed by atoms with van der Waals surface area (Å²) >= 11 is 4.18. The standard InChI is InChI=1S/C40H50N10O5S/c41-40(55)45-16-6-12-35(39(54)50(26-36(51)44-17-20-56)19-14-30-24-47-34-11-4-2-9-32(30)34)48-37(52)27-49(38(53)25-43-22-28-7-5-15-42-21-28)18-13-29-23-46-33-10-3-1-8-31(29)33/h1-5,7-11,15,21,23-24,35,43,46-47,56H,6,12-14,16-20,22,25-27H2,(H,44,51)(H,48,52)(H3,41,45,55). The molecule has 0 spiro atoms. The SMILES string of the molecule is NC(=O)NCCCC(NC(=O)CN(CCc1c[nH]c2ccccc12)C(=O)CNCc1cccnc1)C(=O)N(CCc1c[nH]c2ccccc12)CC(=O)NCCS. The fourth-order valence-electron chi connectivity index (χ4n) is 6.51. The summed E-state index contributed by atoms with van der Waals surface area (Å²) in [6.45, 7) is 0.768. The molecule has 0 saturated heterocycles. The number of amides is 6. The summed E-state index contributed by atoms with van der Waals surface area (Å²) < 4.78 is 0. The highest BCUT2D eigenvalue weighted by Gasteiger charge is 2.29. The minimum Gasteiger partial charge on any atom is -0.361 e. The lowest BCUT2D eigenvalue weighted by atomic mass is 10.1. The number of nitrogens with two attached hydrogens (primary N) is 1. The zero-order valence-corrected chi connectivity index (χ0v) is 32.2. The molecule has 2 aromatic carbocycles. The van der Waals surface area contributed by atoms with E-state index in [1.165, 1.54) is 9.80 Å². The van der Waals surface area contributed by atoms with Crippen molar-refractivity contribution in [2.24, 2.45) is 5.73 Å². The lowest BCUT2D eigenvalue weighted by Gasteiger charge is -2.29. The van der Waals surface area contributed by atoms with Crippen LogP contribution in [0.3, 0.4) is 0 Å². The van der Waals surface area contributed by atoms with Crippen molar-refractivity contribution < 1.29 is 24.0 Å². The zero-order chi connectivity index (χ0) is 39.7. The Bertz CT molecular complexity index is 2070. The number of fused-ring (bicyclic) bond motifs is 2. The predicted molar refractivity (Wildman–Crippen MR) is 219 cm³/mol. The van der Waals surface area contributed by atoms with Crippen LogP contribution < -0.4 is 27.0 Å². The highest BCUT2D eigenvalue weighted by molar-refractivity contribution is 7.80. The number of carbonyl (C=O) groups excluding carboxylic acids is 5. The number of urea groups is 1. The number of aromatic nitrogens is 3. The summed E-state index contributed by atoms with van der Waals surface area (Å²) in [4.78, 5) is 79.8. The number of aromatic amines is 2. The molecule has 56 heavy (non-hydrogen) atoms. The first-order valence-corrected chi connectivity index (χ1v) is 19.3. The summed E-state index contributed by atoms with van der Waals surface area (Å²) in [5, 5.41) is 13.3. The number of nitrogens with zero attached hydrogens (tertiary/aromatic N) is 3. The van der Waals surface area contributed by atoms with E-state index in [9.17, 15) is 24.0 Å². The molecule has 0 aliphatic heterocycles. The Morgan fingerprint density at radius 3 is 2.05 bits per heavy atom. The highest BCUT2D eigenvalue weighted by atomic mass is 32.1. The Labute approximate surface area is 331 Å². The quantitative estimate of drug-likeness (QED) is 0.0388. The molecule has 0 aliphatic carbocycles. The van der Waals surface area contributed by atoms with Crippen LogP contribution in [0.15, 0.2) is 85.5 Å². The van der Waals surface area contributed by atoms with E-state index in [4.69, 9.17) is 5.73 Å². The fourth-order valence-corrected chi connectivity index (χ4v) is 6.62. The molecular weight excluding hydrogens is 733 g/mol. The third-order valence-corrected chi connectivity index (χ3v) is 9.57. The first-order valence-electron chi connectivity index (χ1n) is 18.7. The molecule has 296 valence electrons. The maximum atomic E-state index is 14.3. The van der Waals surface area contributed by atoms with E-state index in [-0.39, 0.29) is 57.5 Å². The van der Waals surface area contributed by atoms with Crippen LogP contribution in [0.2, 0.25) is 0 Å². The molecule has 0 bridgehead atoms. The normalized spacial score (nSPS) is 11.6. The summed E-state index contributed by atoms with van der Waals surface area (Å²) in [6.07, 6.45) is 8.55. The minimum atomic E-state index is -1.06. The van der Waals surface area contributed by atoms with Crippen LogP contribution in [0.4, 0.5) is 4.79 Å². The largest absolute Gasteiger partial charge is 0.361 e. The lowest BCUT2D eigenvalue weighted by Crippen LogP contribution is -2.54. The van der Waals surface area contributed by atoms with E-state index in [1.807, 2.05) is 73.1 Å². The van der Waals surface area contributed by atoms with E-state index in [0.29, 0.717) is 38.1 Å². The van der Waals surface area contributed by atoms with E-state index < -0.39 is 23.9 Å². The Morgan fingerprint density at radius 1 is 0.786 bits per heavy atom. The number of primary amides is 1. The maximum absolute atomic E-state index is 14.3. The van der Waals surface area contributed by atoms with Crippen molar-refractivity contribution in [2.75, 3.05) is 51.6 Å². The Hall–Kier alpha value is -5.87. The van der Waals surface area contributed by atoms with Gasteiger partial charge in [-0.25, -0.2) is 4.79 Å². The first kappa shape index (κ1) is 41.3. The Kier molecular flexibility index (Phi) is 15.7. The number of rotatable bonds is 22. The molecule has 16 heteroatoms. The van der Waals surface area contributed by atoms with Crippen LogP contribution in [0.1, 0.15) is 29.5 Å². The van der Waals surface area contributed by atoms with Crippen molar-refractivity contribution in [3.8, 4) is 0 Å². The van der Waals surface area contributed by atoms with Gasteiger partial charge in [-0.1, -0.05) is 42.5 Å². The third kappa shape index (κ3) is 12.3. The number of H-pyrrole nitrogens is 2. The van der Waals surface area contributed by atoms with Gasteiger partial charge in [-0.3, -0.25) is 24.2 Å². The van der Waals surface area contributed by atoms with Gasteiger partial charge >= 0.3 is 6.03 Å². The van der Waals surface area contributed by atoms with Gasteiger partial charge in [0.05, 0.1) is 19.6 Å². The molecule has 6 amide bonds. The molecule has 5 rings (SSSR count). The van der Waals surface area contributed by atoms with E-state index in [0.717, 1.165) is 38.5 Å². The molecule has 8 N–H and O–H groups in total. The van der Waals surface area contributed by atoms with Gasteiger partial charge in [-0.05, 0) is 60.6 Å². The van der Waals surface area contributed by atoms with Crippen molar-refractivity contribution in [1.29, 1.82) is 0 Å². The van der Waals surface area contributed by atoms with Crippen LogP contribution in [0.5, 0.6) is 0 Å². The number of hydrogen-bond acceptors (Lipinski definition) is 8. The highest BCUT2D eigenvalue weighted by Crippen LogP contribution is 2.20. The summed E-state index contributed by atoms with van der Waals surface area (Å²) in [5.41, 5.74) is 10.1. The summed E-state index contributed by atoms with van der Waals surface area (Å²) in [7, 11) is 0. The molecule has 5 aromatic rings. The second-order valence-corrected chi connectivity index (χ2v) is 13.8. The number of pyridine rings is 1. The van der Waals surface area contributed by atoms with Crippen molar-refractivity contribution in [1.82, 2.24) is 46.0 Å². The molecule has 1 atom stereocenters. The predicted octanol–water partition coefficient (Wildman–Crippen LogP) is 2.26.